The summed E-state index contributed by atoms with van der Waals surface area (Å²) in [4.78, 5) is 26.4. The van der Waals surface area contributed by atoms with Crippen LogP contribution >= 0.6 is 11.6 Å². The lowest BCUT2D eigenvalue weighted by Gasteiger charge is -2.33. The molecular weight excluding hydrogens is 599 g/mol. The van der Waals surface area contributed by atoms with Gasteiger partial charge >= 0.3 is 6.18 Å². The summed E-state index contributed by atoms with van der Waals surface area (Å²) in [6.45, 7) is 3.09. The van der Waals surface area contributed by atoms with E-state index in [1.54, 1.807) is 30.1 Å². The molecule has 0 spiro atoms. The van der Waals surface area contributed by atoms with Gasteiger partial charge in [0.2, 0.25) is 5.88 Å². The summed E-state index contributed by atoms with van der Waals surface area (Å²) >= 11 is 6.34. The van der Waals surface area contributed by atoms with Crippen molar-refractivity contribution in [3.63, 3.8) is 0 Å². The number of rotatable bonds is 7. The van der Waals surface area contributed by atoms with Crippen molar-refractivity contribution in [1.29, 1.82) is 0 Å². The van der Waals surface area contributed by atoms with Crippen LogP contribution in [0.3, 0.4) is 0 Å². The predicted molar refractivity (Wildman–Crippen MR) is 158 cm³/mol. The molecule has 1 amide bonds. The maximum Gasteiger partial charge on any atom is 0.416 e. The van der Waals surface area contributed by atoms with Crippen LogP contribution in [0.15, 0.2) is 65.6 Å². The number of benzene rings is 2. The topological polar surface area (TPSA) is 102 Å². The number of nitrogens with zero attached hydrogens (tertiary/aromatic N) is 6. The minimum Gasteiger partial charge on any atom is -0.472 e. The highest BCUT2D eigenvalue weighted by atomic mass is 35.5. The molecule has 14 heteroatoms. The lowest BCUT2D eigenvalue weighted by atomic mass is 10.0. The maximum atomic E-state index is 14.1. The van der Waals surface area contributed by atoms with Gasteiger partial charge in [-0.3, -0.25) is 14.4 Å². The van der Waals surface area contributed by atoms with Crippen molar-refractivity contribution in [2.24, 2.45) is 7.05 Å². The van der Waals surface area contributed by atoms with Crippen molar-refractivity contribution in [3.05, 3.63) is 82.9 Å². The van der Waals surface area contributed by atoms with Crippen molar-refractivity contribution >= 4 is 34.2 Å². The Morgan fingerprint density at radius 1 is 1.07 bits per heavy atom. The molecule has 6 rings (SSSR count). The monoisotopic (exact) mass is 625 g/mol. The van der Waals surface area contributed by atoms with Crippen LogP contribution in [0.25, 0.3) is 22.4 Å². The molecule has 3 aromatic heterocycles. The number of furan rings is 1. The fourth-order valence-electron chi connectivity index (χ4n) is 4.95. The van der Waals surface area contributed by atoms with Gasteiger partial charge in [-0.15, -0.1) is 0 Å². The first-order valence-corrected chi connectivity index (χ1v) is 14.0. The van der Waals surface area contributed by atoms with Crippen LogP contribution in [0.2, 0.25) is 5.02 Å². The third-order valence-corrected chi connectivity index (χ3v) is 7.63. The van der Waals surface area contributed by atoms with E-state index in [0.717, 1.165) is 19.2 Å². The number of alkyl halides is 3. The molecule has 1 aliphatic heterocycles. The first kappa shape index (κ1) is 29.6. The predicted octanol–water partition coefficient (Wildman–Crippen LogP) is 6.09. The SMILES string of the molecule is CN1CCN(Cc2ccc(NC(=O)c3cc(Oc4nc(-c5ccoc5)nc5nn(C)cc45)ccc3Cl)cc2C(F)(F)F)CC1. The maximum absolute atomic E-state index is 14.1. The van der Waals surface area contributed by atoms with Crippen molar-refractivity contribution in [1.82, 2.24) is 29.5 Å². The number of fused-ring (bicyclic) bond motifs is 1. The number of amides is 1. The highest BCUT2D eigenvalue weighted by molar-refractivity contribution is 6.34. The van der Waals surface area contributed by atoms with Crippen LogP contribution in [-0.4, -0.2) is 68.7 Å². The summed E-state index contributed by atoms with van der Waals surface area (Å²) in [5.41, 5.74) is 0.351. The van der Waals surface area contributed by atoms with Crippen molar-refractivity contribution in [3.8, 4) is 23.0 Å². The van der Waals surface area contributed by atoms with Crippen molar-refractivity contribution in [2.75, 3.05) is 38.5 Å². The third-order valence-electron chi connectivity index (χ3n) is 7.30. The molecule has 1 fully saturated rings. The molecule has 5 aromatic rings. The van der Waals surface area contributed by atoms with E-state index in [1.165, 1.54) is 36.8 Å². The Hall–Kier alpha value is -4.46. The van der Waals surface area contributed by atoms with Crippen LogP contribution < -0.4 is 10.1 Å². The van der Waals surface area contributed by atoms with Gasteiger partial charge in [0.05, 0.1) is 28.0 Å². The van der Waals surface area contributed by atoms with Gasteiger partial charge in [0, 0.05) is 51.7 Å². The van der Waals surface area contributed by atoms with Crippen molar-refractivity contribution in [2.45, 2.75) is 12.7 Å². The molecule has 0 atom stereocenters. The normalized spacial score (nSPS) is 14.7. The number of halogens is 4. The Bertz CT molecular complexity index is 1820. The number of anilines is 1. The lowest BCUT2D eigenvalue weighted by Crippen LogP contribution is -2.44. The molecule has 2 aromatic carbocycles. The second-order valence-electron chi connectivity index (χ2n) is 10.6. The molecule has 1 aliphatic rings. The minimum absolute atomic E-state index is 0.00535. The Kier molecular flexibility index (Phi) is 8.01. The summed E-state index contributed by atoms with van der Waals surface area (Å²) in [7, 11) is 3.72. The standard InChI is InChI=1S/C30H27ClF3N7O3/c1-39-8-10-41(11-9-39)15-18-3-4-20(13-24(18)30(32,33)34)35-28(42)22-14-21(5-6-25(22)31)44-29-23-16-40(2)38-27(23)36-26(37-29)19-7-12-43-17-19/h3-7,12-14,16-17H,8-11,15H2,1-2H3,(H,35,42). The second kappa shape index (κ2) is 11.9. The van der Waals surface area contributed by atoms with Gasteiger partial charge < -0.3 is 19.4 Å². The number of aromatic nitrogens is 4. The molecule has 0 radical (unpaired) electrons. The average molecular weight is 626 g/mol. The number of aryl methyl sites for hydroxylation is 1. The Morgan fingerprint density at radius 2 is 1.86 bits per heavy atom. The quantitative estimate of drug-likeness (QED) is 0.232. The zero-order valence-corrected chi connectivity index (χ0v) is 24.5. The minimum atomic E-state index is -4.60. The third kappa shape index (κ3) is 6.39. The van der Waals surface area contributed by atoms with Crippen LogP contribution in [0.4, 0.5) is 18.9 Å². The number of nitrogens with one attached hydrogen (secondary N) is 1. The van der Waals surface area contributed by atoms with Gasteiger partial charge in [-0.25, -0.2) is 4.98 Å². The van der Waals surface area contributed by atoms with E-state index in [0.29, 0.717) is 35.5 Å². The average Bonchev–Trinajstić information content (AvgIpc) is 3.65. The van der Waals surface area contributed by atoms with E-state index in [2.05, 4.69) is 25.3 Å². The number of likely N-dealkylation sites (N-methyl/N-ethyl adjacent to an activating group) is 1. The van der Waals surface area contributed by atoms with Crippen LogP contribution in [0.5, 0.6) is 11.6 Å². The number of ether oxygens (including phenoxy) is 1. The van der Waals surface area contributed by atoms with Gasteiger partial charge in [-0.1, -0.05) is 17.7 Å². The van der Waals surface area contributed by atoms with E-state index in [-0.39, 0.29) is 40.0 Å². The largest absolute Gasteiger partial charge is 0.472 e. The van der Waals surface area contributed by atoms with Gasteiger partial charge in [0.25, 0.3) is 5.91 Å². The summed E-state index contributed by atoms with van der Waals surface area (Å²) in [5.74, 6) is 0.0240. The zero-order valence-electron chi connectivity index (χ0n) is 23.7. The fourth-order valence-corrected chi connectivity index (χ4v) is 5.15. The first-order valence-electron chi connectivity index (χ1n) is 13.7. The molecule has 1 N–H and O–H groups in total. The highest BCUT2D eigenvalue weighted by Crippen LogP contribution is 2.36. The Balaban J connectivity index is 1.25. The lowest BCUT2D eigenvalue weighted by molar-refractivity contribution is -0.138. The number of piperazine rings is 1. The van der Waals surface area contributed by atoms with Crippen LogP contribution in [0.1, 0.15) is 21.5 Å². The van der Waals surface area contributed by atoms with E-state index >= 15 is 0 Å². The molecular formula is C30H27ClF3N7O3. The summed E-state index contributed by atoms with van der Waals surface area (Å²) < 4.78 is 55.0. The molecule has 0 unspecified atom stereocenters. The molecule has 0 bridgehead atoms. The summed E-state index contributed by atoms with van der Waals surface area (Å²) in [6, 6.07) is 9.93. The van der Waals surface area contributed by atoms with Crippen LogP contribution in [0, 0.1) is 0 Å². The summed E-state index contributed by atoms with van der Waals surface area (Å²) in [5, 5.41) is 7.51. The molecule has 4 heterocycles. The number of hydrogen-bond acceptors (Lipinski definition) is 8. The fraction of sp³-hybridized carbons (Fsp3) is 0.267. The number of carbonyl (C=O) groups is 1. The van der Waals surface area contributed by atoms with Gasteiger partial charge in [-0.2, -0.15) is 23.3 Å². The molecule has 44 heavy (non-hydrogen) atoms. The highest BCUT2D eigenvalue weighted by Gasteiger charge is 2.34. The van der Waals surface area contributed by atoms with Gasteiger partial charge in [-0.05, 0) is 49.0 Å². The number of hydrogen-bond donors (Lipinski definition) is 1. The Morgan fingerprint density at radius 3 is 2.59 bits per heavy atom. The first-order chi connectivity index (χ1) is 21.0. The summed E-state index contributed by atoms with van der Waals surface area (Å²) in [6.07, 6.45) is 0.0734. The molecule has 10 nitrogen and oxygen atoms in total. The van der Waals surface area contributed by atoms with E-state index in [9.17, 15) is 18.0 Å². The van der Waals surface area contributed by atoms with E-state index in [4.69, 9.17) is 20.8 Å². The van der Waals surface area contributed by atoms with E-state index in [1.807, 2.05) is 11.9 Å². The molecule has 228 valence electrons. The van der Waals surface area contributed by atoms with Gasteiger partial charge in [0.15, 0.2) is 11.5 Å². The Labute approximate surface area is 255 Å². The number of carbonyl (C=O) groups excluding carboxylic acids is 1. The smallest absolute Gasteiger partial charge is 0.416 e. The zero-order chi connectivity index (χ0) is 31.0. The second-order valence-corrected chi connectivity index (χ2v) is 11.0. The molecule has 0 saturated carbocycles. The van der Waals surface area contributed by atoms with Gasteiger partial charge in [0.1, 0.15) is 17.4 Å². The van der Waals surface area contributed by atoms with Crippen molar-refractivity contribution < 1.29 is 27.1 Å². The van der Waals surface area contributed by atoms with E-state index < -0.39 is 17.6 Å². The molecule has 1 saturated heterocycles. The van der Waals surface area contributed by atoms with Crippen LogP contribution in [-0.2, 0) is 19.8 Å². The molecule has 0 aliphatic carbocycles.